The second-order valence-electron chi connectivity index (χ2n) is 4.75. The molecule has 0 saturated heterocycles. The van der Waals surface area contributed by atoms with Crippen LogP contribution in [-0.4, -0.2) is 73.7 Å². The van der Waals surface area contributed by atoms with Crippen molar-refractivity contribution in [3.63, 3.8) is 0 Å². The van der Waals surface area contributed by atoms with Crippen LogP contribution in [0.25, 0.3) is 0 Å². The zero-order valence-corrected chi connectivity index (χ0v) is 12.6. The van der Waals surface area contributed by atoms with Crippen LogP contribution in [0.1, 0.15) is 13.8 Å². The van der Waals surface area contributed by atoms with Gasteiger partial charge in [0.25, 0.3) is 0 Å². The lowest BCUT2D eigenvalue weighted by Gasteiger charge is -2.31. The number of rotatable bonds is 6. The quantitative estimate of drug-likeness (QED) is 0.679. The summed E-state index contributed by atoms with van der Waals surface area (Å²) in [6.45, 7) is 2.68. The van der Waals surface area contributed by atoms with E-state index in [0.29, 0.717) is 0 Å². The van der Waals surface area contributed by atoms with Gasteiger partial charge < -0.3 is 15.3 Å². The van der Waals surface area contributed by atoms with Crippen LogP contribution in [0.15, 0.2) is 0 Å². The molecule has 0 aromatic heterocycles. The summed E-state index contributed by atoms with van der Waals surface area (Å²) in [6, 6.07) is -0.638. The predicted octanol–water partition coefficient (Wildman–Crippen LogP) is -0.618. The Balaban J connectivity index is 4.47. The van der Waals surface area contributed by atoms with Crippen molar-refractivity contribution < 1.29 is 23.1 Å². The smallest absolute Gasteiger partial charge is 0.329 e. The lowest BCUT2D eigenvalue weighted by molar-refractivity contribution is -0.146. The average molecular weight is 295 g/mol. The third kappa shape index (κ3) is 4.67. The largest absolute Gasteiger partial charge is 0.480 e. The van der Waals surface area contributed by atoms with E-state index in [1.807, 2.05) is 0 Å². The highest BCUT2D eigenvalue weighted by Gasteiger charge is 2.35. The topological polar surface area (TPSA) is 107 Å². The van der Waals surface area contributed by atoms with Crippen LogP contribution < -0.4 is 5.32 Å². The molecule has 0 saturated carbocycles. The first kappa shape index (κ1) is 17.6. The molecule has 9 heteroatoms. The molecule has 8 nitrogen and oxygen atoms in total. The molecule has 0 aliphatic heterocycles. The molecule has 0 rings (SSSR count). The fourth-order valence-electron chi connectivity index (χ4n) is 0.985. The van der Waals surface area contributed by atoms with E-state index in [-0.39, 0.29) is 12.3 Å². The Bertz CT molecular complexity index is 444. The summed E-state index contributed by atoms with van der Waals surface area (Å²) in [5.74, 6) is -1.39. The maximum absolute atomic E-state index is 11.7. The van der Waals surface area contributed by atoms with E-state index in [9.17, 15) is 18.0 Å². The SMILES string of the molecule is CN(C(=O)NCCS(=O)(=O)N(C)C)C(C)(C)C(=O)O. The number of aliphatic carboxylic acids is 1. The molecule has 0 aromatic carbocycles. The summed E-state index contributed by atoms with van der Waals surface area (Å²) < 4.78 is 24.0. The molecule has 112 valence electrons. The molecule has 2 N–H and O–H groups in total. The van der Waals surface area contributed by atoms with Crippen molar-refractivity contribution in [3.05, 3.63) is 0 Å². The van der Waals surface area contributed by atoms with Crippen molar-refractivity contribution in [3.8, 4) is 0 Å². The molecule has 0 aliphatic carbocycles. The van der Waals surface area contributed by atoms with E-state index < -0.39 is 27.6 Å². The number of likely N-dealkylation sites (N-methyl/N-ethyl adjacent to an activating group) is 1. The van der Waals surface area contributed by atoms with Crippen LogP contribution in [0.5, 0.6) is 0 Å². The number of urea groups is 1. The number of nitrogens with zero attached hydrogens (tertiary/aromatic N) is 2. The number of carboxylic acids is 1. The molecule has 0 fully saturated rings. The van der Waals surface area contributed by atoms with Crippen LogP contribution in [0.4, 0.5) is 4.79 Å². The number of carbonyl (C=O) groups is 2. The van der Waals surface area contributed by atoms with Gasteiger partial charge in [0.1, 0.15) is 5.54 Å². The molecule has 0 aromatic rings. The summed E-state index contributed by atoms with van der Waals surface area (Å²) in [6.07, 6.45) is 0. The Hall–Kier alpha value is -1.35. The van der Waals surface area contributed by atoms with E-state index in [4.69, 9.17) is 5.11 Å². The molecule has 0 atom stereocenters. The molecule has 0 heterocycles. The van der Waals surface area contributed by atoms with Gasteiger partial charge in [-0.3, -0.25) is 0 Å². The number of hydrogen-bond acceptors (Lipinski definition) is 4. The first-order chi connectivity index (χ1) is 8.43. The monoisotopic (exact) mass is 295 g/mol. The van der Waals surface area contributed by atoms with Gasteiger partial charge in [0.2, 0.25) is 10.0 Å². The van der Waals surface area contributed by atoms with Crippen molar-refractivity contribution >= 4 is 22.0 Å². The summed E-state index contributed by atoms with van der Waals surface area (Å²) in [5, 5.41) is 11.3. The summed E-state index contributed by atoms with van der Waals surface area (Å²) >= 11 is 0. The third-order valence-corrected chi connectivity index (χ3v) is 4.69. The lowest BCUT2D eigenvalue weighted by Crippen LogP contribution is -2.54. The average Bonchev–Trinajstić information content (AvgIpc) is 2.26. The fourth-order valence-corrected chi connectivity index (χ4v) is 1.71. The minimum atomic E-state index is -3.39. The van der Waals surface area contributed by atoms with Gasteiger partial charge in [-0.1, -0.05) is 0 Å². The van der Waals surface area contributed by atoms with Crippen LogP contribution in [0, 0.1) is 0 Å². The van der Waals surface area contributed by atoms with Gasteiger partial charge in [0.15, 0.2) is 0 Å². The van der Waals surface area contributed by atoms with Crippen LogP contribution in [0.2, 0.25) is 0 Å². The molecule has 0 spiro atoms. The van der Waals surface area contributed by atoms with Crippen molar-refractivity contribution in [2.75, 3.05) is 33.4 Å². The first-order valence-corrected chi connectivity index (χ1v) is 7.19. The zero-order chi connectivity index (χ0) is 15.4. The normalized spacial score (nSPS) is 12.3. The maximum atomic E-state index is 11.7. The van der Waals surface area contributed by atoms with E-state index in [1.165, 1.54) is 35.0 Å². The second-order valence-corrected chi connectivity index (χ2v) is 7.06. The molecular formula is C10H21N3O5S. The molecule has 19 heavy (non-hydrogen) atoms. The summed E-state index contributed by atoms with van der Waals surface area (Å²) in [4.78, 5) is 23.7. The standard InChI is InChI=1S/C10H21N3O5S/c1-10(2,8(14)15)13(5)9(16)11-6-7-19(17,18)12(3)4/h6-7H2,1-5H3,(H,11,16)(H,14,15). The third-order valence-electron chi connectivity index (χ3n) is 2.86. The van der Waals surface area contributed by atoms with Crippen molar-refractivity contribution in [1.29, 1.82) is 0 Å². The highest BCUT2D eigenvalue weighted by Crippen LogP contribution is 2.12. The van der Waals surface area contributed by atoms with Gasteiger partial charge in [-0.15, -0.1) is 0 Å². The zero-order valence-electron chi connectivity index (χ0n) is 11.8. The second kappa shape index (κ2) is 6.20. The first-order valence-electron chi connectivity index (χ1n) is 5.58. The Morgan fingerprint density at radius 1 is 1.21 bits per heavy atom. The lowest BCUT2D eigenvalue weighted by atomic mass is 10.1. The van der Waals surface area contributed by atoms with Gasteiger partial charge in [-0.25, -0.2) is 22.3 Å². The summed E-state index contributed by atoms with van der Waals surface area (Å²) in [7, 11) is 0.749. The van der Waals surface area contributed by atoms with Crippen molar-refractivity contribution in [2.24, 2.45) is 0 Å². The highest BCUT2D eigenvalue weighted by atomic mass is 32.2. The number of carbonyl (C=O) groups excluding carboxylic acids is 1. The number of sulfonamides is 1. The van der Waals surface area contributed by atoms with Crippen LogP contribution >= 0.6 is 0 Å². The molecule has 0 bridgehead atoms. The number of hydrogen-bond donors (Lipinski definition) is 2. The summed E-state index contributed by atoms with van der Waals surface area (Å²) in [5.41, 5.74) is -1.37. The van der Waals surface area contributed by atoms with E-state index in [2.05, 4.69) is 5.32 Å². The van der Waals surface area contributed by atoms with Gasteiger partial charge >= 0.3 is 12.0 Å². The molecular weight excluding hydrogens is 274 g/mol. The Morgan fingerprint density at radius 2 is 1.68 bits per heavy atom. The van der Waals surface area contributed by atoms with Gasteiger partial charge in [0, 0.05) is 27.7 Å². The molecule has 0 aliphatic rings. The van der Waals surface area contributed by atoms with E-state index in [0.717, 1.165) is 9.21 Å². The number of carboxylic acid groups (broad SMARTS) is 1. The van der Waals surface area contributed by atoms with Crippen LogP contribution in [-0.2, 0) is 14.8 Å². The van der Waals surface area contributed by atoms with E-state index in [1.54, 1.807) is 0 Å². The molecule has 2 amide bonds. The van der Waals surface area contributed by atoms with Gasteiger partial charge in [0.05, 0.1) is 5.75 Å². The van der Waals surface area contributed by atoms with Crippen molar-refractivity contribution in [2.45, 2.75) is 19.4 Å². The van der Waals surface area contributed by atoms with Crippen LogP contribution in [0.3, 0.4) is 0 Å². The van der Waals surface area contributed by atoms with Gasteiger partial charge in [-0.2, -0.15) is 0 Å². The maximum Gasteiger partial charge on any atom is 0.329 e. The van der Waals surface area contributed by atoms with Gasteiger partial charge in [-0.05, 0) is 13.8 Å². The highest BCUT2D eigenvalue weighted by molar-refractivity contribution is 7.89. The Labute approximate surface area is 113 Å². The number of nitrogens with one attached hydrogen (secondary N) is 1. The van der Waals surface area contributed by atoms with E-state index >= 15 is 0 Å². The Morgan fingerprint density at radius 3 is 2.05 bits per heavy atom. The fraction of sp³-hybridized carbons (Fsp3) is 0.800. The minimum absolute atomic E-state index is 0.0839. The number of amides is 2. The molecule has 0 radical (unpaired) electrons. The Kier molecular flexibility index (Phi) is 5.76. The minimum Gasteiger partial charge on any atom is -0.480 e. The predicted molar refractivity (Wildman–Crippen MR) is 70.4 cm³/mol. The van der Waals surface area contributed by atoms with Crippen molar-refractivity contribution in [1.82, 2.24) is 14.5 Å². The molecule has 0 unspecified atom stereocenters.